The van der Waals surface area contributed by atoms with Crippen molar-refractivity contribution in [2.24, 2.45) is 0 Å². The number of anilines is 21. The molecular weight excluding hydrogens is 1710 g/mol. The first-order valence-electron chi connectivity index (χ1n) is 46.9. The fraction of sp³-hybridized carbons (Fsp3) is 0. The topological polar surface area (TPSA) is 83.0 Å². The SMILES string of the molecule is c1ccc(-c2cc3c4c(c2)N2c5ccccc5Oc5cccc(c52)B4c2cccc4c2N3c2ccccc2O4)cc1.c1ccc2c(c1)Oc1cccc3c1N2c1cc(-n2c4ccccc4c4ccccc42)cc2c1B3c1cccc3c1N2c1ccccc1O3.c1ccc2c(c1)Oc1cccc3c1N2c1cc(N2c4ccccc4Sc4ccccc42)cc2c1B3c1cccc3c1N2c1ccccc1O3. The van der Waals surface area contributed by atoms with Gasteiger partial charge in [0.05, 0.1) is 102 Å². The minimum atomic E-state index is -0.0179. The van der Waals surface area contributed by atoms with Gasteiger partial charge < -0.3 is 67.3 Å². The van der Waals surface area contributed by atoms with E-state index >= 15 is 0 Å². The highest BCUT2D eigenvalue weighted by molar-refractivity contribution is 7.99. The molecule has 20 aromatic carbocycles. The second kappa shape index (κ2) is 27.9. The van der Waals surface area contributed by atoms with Gasteiger partial charge in [-0.15, -0.1) is 0 Å². The number of nitrogens with zero attached hydrogens (tertiary/aromatic N) is 8. The van der Waals surface area contributed by atoms with E-state index in [0.29, 0.717) is 0 Å². The summed E-state index contributed by atoms with van der Waals surface area (Å²) in [5.41, 5.74) is 40.4. The Morgan fingerprint density at radius 1 is 0.174 bits per heavy atom. The first-order chi connectivity index (χ1) is 68.5. The third-order valence-electron chi connectivity index (χ3n) is 29.7. The normalized spacial score (nSPS) is 14.3. The van der Waals surface area contributed by atoms with E-state index in [-0.39, 0.29) is 20.1 Å². The molecule has 14 nitrogen and oxygen atoms in total. The predicted octanol–water partition coefficient (Wildman–Crippen LogP) is 26.6. The van der Waals surface area contributed by atoms with Crippen LogP contribution in [0.15, 0.2) is 428 Å². The van der Waals surface area contributed by atoms with Crippen LogP contribution in [0.1, 0.15) is 0 Å². The Bertz CT molecular complexity index is 8590. The van der Waals surface area contributed by atoms with E-state index in [1.807, 2.05) is 48.2 Å². The van der Waals surface area contributed by atoms with Gasteiger partial charge in [0.15, 0.2) is 69.0 Å². The Morgan fingerprint density at radius 3 is 0.717 bits per heavy atom. The van der Waals surface area contributed by atoms with E-state index < -0.39 is 0 Å². The van der Waals surface area contributed by atoms with Gasteiger partial charge in [-0.1, -0.05) is 248 Å². The van der Waals surface area contributed by atoms with Crippen LogP contribution < -0.4 is 112 Å². The molecule has 1 aromatic heterocycles. The number of fused-ring (bicyclic) bond motifs is 29. The molecule has 14 heterocycles. The summed E-state index contributed by atoms with van der Waals surface area (Å²) < 4.78 is 42.0. The average Bonchev–Trinajstić information content (AvgIpc) is 0.782. The maximum absolute atomic E-state index is 6.64. The zero-order chi connectivity index (χ0) is 89.5. The molecule has 0 N–H and O–H groups in total. The first-order valence-corrected chi connectivity index (χ1v) is 47.8. The van der Waals surface area contributed by atoms with E-state index in [1.54, 1.807) is 0 Å². The van der Waals surface area contributed by atoms with Crippen molar-refractivity contribution in [2.45, 2.75) is 9.79 Å². The van der Waals surface area contributed by atoms with Crippen molar-refractivity contribution in [2.75, 3.05) is 34.3 Å². The molecule has 0 amide bonds. The van der Waals surface area contributed by atoms with Gasteiger partial charge in [0.2, 0.25) is 0 Å². The lowest BCUT2D eigenvalue weighted by molar-refractivity contribution is 0.476. The van der Waals surface area contributed by atoms with Gasteiger partial charge in [-0.3, -0.25) is 0 Å². The summed E-state index contributed by atoms with van der Waals surface area (Å²) in [4.78, 5) is 19.5. The van der Waals surface area contributed by atoms with Crippen LogP contribution in [0.5, 0.6) is 69.0 Å². The average molecular weight is 1780 g/mol. The Labute approximate surface area is 798 Å². The zero-order valence-electron chi connectivity index (χ0n) is 73.5. The van der Waals surface area contributed by atoms with Gasteiger partial charge in [-0.25, -0.2) is 0 Å². The number of hydrogen-bond donors (Lipinski definition) is 0. The molecule has 0 saturated carbocycles. The summed E-state index contributed by atoms with van der Waals surface area (Å²) in [7, 11) is 0. The van der Waals surface area contributed by atoms with Gasteiger partial charge in [-0.2, -0.15) is 0 Å². The van der Waals surface area contributed by atoms with E-state index in [0.717, 1.165) is 171 Å². The van der Waals surface area contributed by atoms with Crippen LogP contribution >= 0.6 is 11.8 Å². The van der Waals surface area contributed by atoms with Crippen molar-refractivity contribution in [3.05, 3.63) is 419 Å². The van der Waals surface area contributed by atoms with Crippen molar-refractivity contribution < 1.29 is 28.4 Å². The smallest absolute Gasteiger partial charge is 0.252 e. The quantitative estimate of drug-likeness (QED) is 0.157. The van der Waals surface area contributed by atoms with E-state index in [1.165, 1.54) is 115 Å². The fourth-order valence-corrected chi connectivity index (χ4v) is 25.4. The number of rotatable bonds is 3. The molecule has 0 aliphatic carbocycles. The van der Waals surface area contributed by atoms with Crippen LogP contribution in [0.25, 0.3) is 38.6 Å². The second-order valence-electron chi connectivity index (χ2n) is 36.7. The maximum Gasteiger partial charge on any atom is 0.252 e. The summed E-state index contributed by atoms with van der Waals surface area (Å²) in [6.45, 7) is 0.00271. The standard InChI is InChI=1S/C42H24BN3O2S.C42H24BN3O2.C36H21BN2O2/c1-5-17-34-28(13-1)45-32-23-25(44-30-15-3-7-21-38(30)49-39-22-8-4-16-31(39)44)24-33-40(32)43(26-11-9-19-36(47-34)41(26)45)27-12-10-20-37-42(27)46(33)29-14-2-6-18-35(29)48-37;1-3-15-30-26(11-1)27-12-2-4-16-31(27)44(30)25-23-34-40-35(24-25)46-33-18-6-8-20-37(33)48-39-22-10-14-29(42(39)46)43(40)28-13-9-21-38-41(28)45(34)32-17-5-7-19-36(32)47-38;1-2-10-22(11-3-1)23-20-28-34-29(21-23)39-27-15-5-7-17-31(27)41-33-19-9-13-25(36(33)39)37(34)24-12-8-18-32-35(24)38(28)26-14-4-6-16-30(26)40-32/h1-24H;1-24H;1-21H. The second-order valence-corrected chi connectivity index (χ2v) is 37.8. The van der Waals surface area contributed by atoms with Crippen LogP contribution in [-0.4, -0.2) is 24.7 Å². The minimum Gasteiger partial charge on any atom is -0.453 e. The first kappa shape index (κ1) is 74.7. The van der Waals surface area contributed by atoms with Gasteiger partial charge in [-0.05, 0) is 242 Å². The van der Waals surface area contributed by atoms with Crippen LogP contribution in [-0.2, 0) is 0 Å². The van der Waals surface area contributed by atoms with Gasteiger partial charge in [0.25, 0.3) is 20.1 Å². The lowest BCUT2D eigenvalue weighted by Gasteiger charge is -2.47. The molecule has 0 spiro atoms. The molecule has 0 atom stereocenters. The van der Waals surface area contributed by atoms with Crippen molar-refractivity contribution in [3.8, 4) is 85.8 Å². The number of benzene rings is 20. The fourth-order valence-electron chi connectivity index (χ4n) is 24.4. The van der Waals surface area contributed by atoms with Crippen LogP contribution in [0.4, 0.5) is 119 Å². The molecule has 0 bridgehead atoms. The number of hydrogen-bond acceptors (Lipinski definition) is 14. The van der Waals surface area contributed by atoms with E-state index in [9.17, 15) is 0 Å². The number of ether oxygens (including phenoxy) is 6. The Balaban J connectivity index is 0.0000000945. The highest BCUT2D eigenvalue weighted by Crippen LogP contribution is 2.64. The zero-order valence-corrected chi connectivity index (χ0v) is 74.3. The monoisotopic (exact) mass is 1780 g/mol. The van der Waals surface area contributed by atoms with Crippen molar-refractivity contribution in [1.29, 1.82) is 0 Å². The van der Waals surface area contributed by atoms with Crippen LogP contribution in [0.2, 0.25) is 0 Å². The molecule has 138 heavy (non-hydrogen) atoms. The number of aromatic nitrogens is 1. The lowest BCUT2D eigenvalue weighted by atomic mass is 9.33. The lowest BCUT2D eigenvalue weighted by Crippen LogP contribution is -2.61. The molecule has 0 fully saturated rings. The molecule has 13 aliphatic heterocycles. The highest BCUT2D eigenvalue weighted by atomic mass is 32.2. The largest absolute Gasteiger partial charge is 0.453 e. The molecule has 13 aliphatic rings. The summed E-state index contributed by atoms with van der Waals surface area (Å²) in [6.07, 6.45) is 0. The summed E-state index contributed by atoms with van der Waals surface area (Å²) >= 11 is 1.83. The molecule has 640 valence electrons. The molecule has 34 rings (SSSR count). The Hall–Kier alpha value is -17.9. The molecular formula is C120H69B3N8O6S. The molecule has 18 heteroatoms. The van der Waals surface area contributed by atoms with Gasteiger partial charge >= 0.3 is 0 Å². The summed E-state index contributed by atoms with van der Waals surface area (Å²) in [5, 5.41) is 2.48. The van der Waals surface area contributed by atoms with Crippen molar-refractivity contribution in [3.63, 3.8) is 0 Å². The molecule has 21 aromatic rings. The van der Waals surface area contributed by atoms with Crippen LogP contribution in [0, 0.1) is 0 Å². The highest BCUT2D eigenvalue weighted by Gasteiger charge is 2.54. The minimum absolute atomic E-state index is 0.0117. The maximum atomic E-state index is 6.64. The summed E-state index contributed by atoms with van der Waals surface area (Å²) in [5.74, 6) is 10.4. The van der Waals surface area contributed by atoms with E-state index in [2.05, 4.69) is 421 Å². The molecule has 0 saturated heterocycles. The summed E-state index contributed by atoms with van der Waals surface area (Å²) in [6, 6.07) is 149. The van der Waals surface area contributed by atoms with Gasteiger partial charge in [0.1, 0.15) is 0 Å². The predicted molar refractivity (Wildman–Crippen MR) is 560 cm³/mol. The van der Waals surface area contributed by atoms with Crippen molar-refractivity contribution in [1.82, 2.24) is 4.57 Å². The Kier molecular flexibility index (Phi) is 15.1. The Morgan fingerprint density at radius 2 is 0.413 bits per heavy atom. The third-order valence-corrected chi connectivity index (χ3v) is 30.8. The van der Waals surface area contributed by atoms with Gasteiger partial charge in [0, 0.05) is 54.7 Å². The molecule has 0 radical (unpaired) electrons. The third kappa shape index (κ3) is 10.1. The van der Waals surface area contributed by atoms with Crippen LogP contribution in [0.3, 0.4) is 0 Å². The van der Waals surface area contributed by atoms with Crippen molar-refractivity contribution >= 4 is 222 Å². The molecule has 0 unspecified atom stereocenters. The van der Waals surface area contributed by atoms with E-state index in [4.69, 9.17) is 28.4 Å². The number of para-hydroxylation sites is 22.